The number of methoxy groups -OCH3 is 1. The Morgan fingerprint density at radius 1 is 1.06 bits per heavy atom. The fraction of sp³-hybridized carbons (Fsp3) is 0.148. The van der Waals surface area contributed by atoms with E-state index >= 15 is 0 Å². The van der Waals surface area contributed by atoms with Crippen molar-refractivity contribution in [3.63, 3.8) is 0 Å². The molecule has 1 amide bonds. The van der Waals surface area contributed by atoms with Gasteiger partial charge in [0, 0.05) is 5.56 Å². The molecule has 1 N–H and O–H groups in total. The third kappa shape index (κ3) is 6.02. The molecule has 4 rings (SSSR count). The molecule has 1 saturated heterocycles. The van der Waals surface area contributed by atoms with Crippen molar-refractivity contribution < 1.29 is 19.0 Å². The van der Waals surface area contributed by atoms with E-state index < -0.39 is 0 Å². The number of benzene rings is 3. The van der Waals surface area contributed by atoms with Crippen LogP contribution in [0.1, 0.15) is 23.6 Å². The zero-order valence-corrected chi connectivity index (χ0v) is 20.1. The number of carbonyl (C=O) groups is 1. The Hall–Kier alpha value is -4.22. The van der Waals surface area contributed by atoms with E-state index in [1.165, 1.54) is 11.8 Å². The zero-order chi connectivity index (χ0) is 24.6. The first-order valence-electron chi connectivity index (χ1n) is 10.9. The average molecular weight is 486 g/mol. The lowest BCUT2D eigenvalue weighted by molar-refractivity contribution is -0.115. The first-order chi connectivity index (χ1) is 17.1. The van der Waals surface area contributed by atoms with Crippen molar-refractivity contribution in [2.45, 2.75) is 13.5 Å². The van der Waals surface area contributed by atoms with E-state index in [0.717, 1.165) is 16.9 Å². The summed E-state index contributed by atoms with van der Waals surface area (Å²) in [5.41, 5.74) is 2.88. The van der Waals surface area contributed by atoms with Gasteiger partial charge in [0.05, 0.1) is 35.9 Å². The van der Waals surface area contributed by atoms with Gasteiger partial charge in [-0.2, -0.15) is 5.26 Å². The summed E-state index contributed by atoms with van der Waals surface area (Å²) in [5, 5.41) is 12.6. The third-order valence-electron chi connectivity index (χ3n) is 5.04. The van der Waals surface area contributed by atoms with E-state index in [2.05, 4.69) is 16.4 Å². The van der Waals surface area contributed by atoms with Crippen LogP contribution in [0.2, 0.25) is 0 Å². The number of aliphatic imine (C=N–C) groups is 1. The van der Waals surface area contributed by atoms with Crippen molar-refractivity contribution in [1.82, 2.24) is 5.32 Å². The van der Waals surface area contributed by atoms with Crippen molar-refractivity contribution in [3.05, 3.63) is 88.3 Å². The number of hydrogen-bond acceptors (Lipinski definition) is 7. The molecule has 0 bridgehead atoms. The predicted molar refractivity (Wildman–Crippen MR) is 137 cm³/mol. The number of thioether (sulfide) groups is 1. The second-order valence-corrected chi connectivity index (χ2v) is 8.41. The summed E-state index contributed by atoms with van der Waals surface area (Å²) in [4.78, 5) is 17.5. The lowest BCUT2D eigenvalue weighted by Gasteiger charge is -2.13. The van der Waals surface area contributed by atoms with E-state index in [-0.39, 0.29) is 12.5 Å². The molecule has 0 spiro atoms. The molecule has 1 heterocycles. The van der Waals surface area contributed by atoms with Crippen molar-refractivity contribution in [3.8, 4) is 23.3 Å². The number of amidine groups is 1. The largest absolute Gasteiger partial charge is 0.497 e. The minimum atomic E-state index is -0.214. The molecule has 1 fully saturated rings. The highest BCUT2D eigenvalue weighted by Crippen LogP contribution is 2.33. The lowest BCUT2D eigenvalue weighted by atomic mass is 10.1. The molecule has 0 atom stereocenters. The van der Waals surface area contributed by atoms with Crippen LogP contribution in [0.4, 0.5) is 5.69 Å². The molecule has 7 nitrogen and oxygen atoms in total. The molecule has 0 unspecified atom stereocenters. The molecular formula is C27H23N3O4S. The minimum Gasteiger partial charge on any atom is -0.497 e. The molecule has 0 aromatic heterocycles. The Balaban J connectivity index is 1.50. The summed E-state index contributed by atoms with van der Waals surface area (Å²) < 4.78 is 16.9. The summed E-state index contributed by atoms with van der Waals surface area (Å²) in [6.45, 7) is 2.59. The summed E-state index contributed by atoms with van der Waals surface area (Å²) in [6, 6.07) is 22.2. The van der Waals surface area contributed by atoms with Crippen LogP contribution >= 0.6 is 11.8 Å². The topological polar surface area (TPSA) is 92.9 Å². The summed E-state index contributed by atoms with van der Waals surface area (Å²) in [5.74, 6) is 1.65. The van der Waals surface area contributed by atoms with Crippen LogP contribution < -0.4 is 19.5 Å². The molecule has 1 aliphatic heterocycles. The van der Waals surface area contributed by atoms with E-state index in [0.29, 0.717) is 39.4 Å². The summed E-state index contributed by atoms with van der Waals surface area (Å²) >= 11 is 1.27. The molecule has 0 radical (unpaired) electrons. The van der Waals surface area contributed by atoms with Gasteiger partial charge < -0.3 is 19.5 Å². The number of ether oxygens (including phenoxy) is 3. The first-order valence-corrected chi connectivity index (χ1v) is 11.7. The highest BCUT2D eigenvalue weighted by Gasteiger charge is 2.24. The standard InChI is InChI=1S/C27H23N3O4S/c1-3-33-24-14-18(8-13-23(24)34-17-20-7-5-4-6-19(20)16-28)15-25-26(31)30-27(35-25)29-21-9-11-22(32-2)12-10-21/h4-15H,3,17H2,1-2H3,(H,29,30,31)/b25-15+. The number of nitrogens with zero attached hydrogens (tertiary/aromatic N) is 2. The van der Waals surface area contributed by atoms with E-state index in [9.17, 15) is 10.1 Å². The Morgan fingerprint density at radius 2 is 1.86 bits per heavy atom. The van der Waals surface area contributed by atoms with Gasteiger partial charge in [-0.1, -0.05) is 24.3 Å². The molecule has 1 aliphatic rings. The van der Waals surface area contributed by atoms with Crippen LogP contribution in [0.5, 0.6) is 17.2 Å². The van der Waals surface area contributed by atoms with Crippen LogP contribution in [-0.4, -0.2) is 24.8 Å². The number of nitrogens with one attached hydrogen (secondary N) is 1. The predicted octanol–water partition coefficient (Wildman–Crippen LogP) is 5.44. The Morgan fingerprint density at radius 3 is 2.60 bits per heavy atom. The Kier molecular flexibility index (Phi) is 7.70. The van der Waals surface area contributed by atoms with Crippen LogP contribution in [0.15, 0.2) is 76.6 Å². The molecule has 176 valence electrons. The van der Waals surface area contributed by atoms with Crippen LogP contribution in [0.25, 0.3) is 6.08 Å². The normalized spacial score (nSPS) is 15.1. The molecule has 0 saturated carbocycles. The smallest absolute Gasteiger partial charge is 0.264 e. The number of nitriles is 1. The fourth-order valence-corrected chi connectivity index (χ4v) is 4.16. The fourth-order valence-electron chi connectivity index (χ4n) is 3.32. The molecule has 3 aromatic rings. The van der Waals surface area contributed by atoms with Gasteiger partial charge in [0.15, 0.2) is 16.7 Å². The Bertz CT molecular complexity index is 1330. The van der Waals surface area contributed by atoms with E-state index in [1.54, 1.807) is 25.3 Å². The monoisotopic (exact) mass is 485 g/mol. The van der Waals surface area contributed by atoms with Gasteiger partial charge in [0.25, 0.3) is 5.91 Å². The van der Waals surface area contributed by atoms with Gasteiger partial charge in [-0.25, -0.2) is 4.99 Å². The van der Waals surface area contributed by atoms with Crippen molar-refractivity contribution in [2.24, 2.45) is 4.99 Å². The third-order valence-corrected chi connectivity index (χ3v) is 5.95. The van der Waals surface area contributed by atoms with Gasteiger partial charge in [0.1, 0.15) is 12.4 Å². The maximum Gasteiger partial charge on any atom is 0.264 e. The van der Waals surface area contributed by atoms with Crippen molar-refractivity contribution >= 4 is 34.6 Å². The van der Waals surface area contributed by atoms with Crippen LogP contribution in [-0.2, 0) is 11.4 Å². The molecule has 8 heteroatoms. The molecular weight excluding hydrogens is 462 g/mol. The minimum absolute atomic E-state index is 0.214. The first kappa shape index (κ1) is 23.9. The van der Waals surface area contributed by atoms with Crippen molar-refractivity contribution in [1.29, 1.82) is 5.26 Å². The lowest BCUT2D eigenvalue weighted by Crippen LogP contribution is -2.19. The average Bonchev–Trinajstić information content (AvgIpc) is 3.22. The van der Waals surface area contributed by atoms with Crippen molar-refractivity contribution in [2.75, 3.05) is 13.7 Å². The summed E-state index contributed by atoms with van der Waals surface area (Å²) in [7, 11) is 1.61. The number of amides is 1. The number of carbonyl (C=O) groups excluding carboxylic acids is 1. The highest BCUT2D eigenvalue weighted by atomic mass is 32.2. The zero-order valence-electron chi connectivity index (χ0n) is 19.3. The summed E-state index contributed by atoms with van der Waals surface area (Å²) in [6.07, 6.45) is 1.79. The maximum absolute atomic E-state index is 12.5. The quantitative estimate of drug-likeness (QED) is 0.427. The maximum atomic E-state index is 12.5. The van der Waals surface area contributed by atoms with Gasteiger partial charge in [-0.05, 0) is 72.8 Å². The molecule has 35 heavy (non-hydrogen) atoms. The number of rotatable bonds is 8. The van der Waals surface area contributed by atoms with Gasteiger partial charge >= 0.3 is 0 Å². The van der Waals surface area contributed by atoms with Gasteiger partial charge in [0.2, 0.25) is 0 Å². The van der Waals surface area contributed by atoms with E-state index in [4.69, 9.17) is 14.2 Å². The number of hydrogen-bond donors (Lipinski definition) is 1. The van der Waals surface area contributed by atoms with Crippen LogP contribution in [0.3, 0.4) is 0 Å². The second-order valence-electron chi connectivity index (χ2n) is 7.38. The molecule has 3 aromatic carbocycles. The SMILES string of the molecule is CCOc1cc(/C=C2/SC(=Nc3ccc(OC)cc3)NC2=O)ccc1OCc1ccccc1C#N. The van der Waals surface area contributed by atoms with Gasteiger partial charge in [-0.15, -0.1) is 0 Å². The van der Waals surface area contributed by atoms with Crippen LogP contribution in [0, 0.1) is 11.3 Å². The van der Waals surface area contributed by atoms with E-state index in [1.807, 2.05) is 61.5 Å². The molecule has 0 aliphatic carbocycles. The second kappa shape index (κ2) is 11.3. The van der Waals surface area contributed by atoms with Gasteiger partial charge in [-0.3, -0.25) is 4.79 Å². The highest BCUT2D eigenvalue weighted by molar-refractivity contribution is 8.18. The Labute approximate surface area is 208 Å².